The van der Waals surface area contributed by atoms with Gasteiger partial charge in [-0.2, -0.15) is 0 Å². The van der Waals surface area contributed by atoms with Crippen LogP contribution in [0.3, 0.4) is 0 Å². The number of nitrogens with two attached hydrogens (primary N) is 1. The van der Waals surface area contributed by atoms with Gasteiger partial charge in [0.25, 0.3) is 0 Å². The third-order valence-corrected chi connectivity index (χ3v) is 5.59. The molecule has 2 N–H and O–H groups in total. The fraction of sp³-hybridized carbons (Fsp3) is 0.647. The predicted octanol–water partition coefficient (Wildman–Crippen LogP) is 4.18. The highest BCUT2D eigenvalue weighted by atomic mass is 79.9. The number of hydrogen-bond donors (Lipinski definition) is 1. The van der Waals surface area contributed by atoms with Crippen molar-refractivity contribution in [3.05, 3.63) is 34.3 Å². The molecule has 3 heteroatoms. The molecule has 1 fully saturated rings. The van der Waals surface area contributed by atoms with Crippen LogP contribution in [0.25, 0.3) is 0 Å². The lowest BCUT2D eigenvalue weighted by Crippen LogP contribution is -2.54. The summed E-state index contributed by atoms with van der Waals surface area (Å²) in [6, 6.07) is 8.61. The Hall–Kier alpha value is -0.380. The van der Waals surface area contributed by atoms with Gasteiger partial charge in [0.1, 0.15) is 0 Å². The van der Waals surface area contributed by atoms with Crippen LogP contribution in [0.15, 0.2) is 28.7 Å². The first kappa shape index (κ1) is 16.0. The molecule has 0 amide bonds. The minimum Gasteiger partial charge on any atom is -0.329 e. The molecule has 0 spiro atoms. The molecule has 20 heavy (non-hydrogen) atoms. The molecule has 0 bridgehead atoms. The van der Waals surface area contributed by atoms with Crippen molar-refractivity contribution in [2.75, 3.05) is 13.6 Å². The second kappa shape index (κ2) is 6.17. The van der Waals surface area contributed by atoms with Crippen LogP contribution in [-0.4, -0.2) is 24.0 Å². The van der Waals surface area contributed by atoms with Gasteiger partial charge in [0.15, 0.2) is 0 Å². The molecule has 2 rings (SSSR count). The summed E-state index contributed by atoms with van der Waals surface area (Å²) in [5, 5.41) is 0. The Kier molecular flexibility index (Phi) is 4.93. The maximum absolute atomic E-state index is 6.16. The molecule has 0 aromatic heterocycles. The average Bonchev–Trinajstić information content (AvgIpc) is 2.42. The van der Waals surface area contributed by atoms with Crippen molar-refractivity contribution in [3.8, 4) is 0 Å². The molecule has 112 valence electrons. The lowest BCUT2D eigenvalue weighted by molar-refractivity contribution is 0.0364. The van der Waals surface area contributed by atoms with Crippen LogP contribution in [0.1, 0.15) is 45.1 Å². The van der Waals surface area contributed by atoms with E-state index in [1.54, 1.807) is 0 Å². The zero-order valence-electron chi connectivity index (χ0n) is 13.0. The zero-order chi connectivity index (χ0) is 14.8. The maximum atomic E-state index is 6.16. The van der Waals surface area contributed by atoms with E-state index in [9.17, 15) is 0 Å². The number of rotatable bonds is 4. The van der Waals surface area contributed by atoms with Crippen LogP contribution in [-0.2, 0) is 6.54 Å². The number of hydrogen-bond acceptors (Lipinski definition) is 2. The predicted molar refractivity (Wildman–Crippen MR) is 89.6 cm³/mol. The van der Waals surface area contributed by atoms with Crippen LogP contribution in [0.4, 0.5) is 0 Å². The van der Waals surface area contributed by atoms with E-state index in [0.717, 1.165) is 17.6 Å². The van der Waals surface area contributed by atoms with E-state index in [-0.39, 0.29) is 5.54 Å². The molecule has 0 atom stereocenters. The zero-order valence-corrected chi connectivity index (χ0v) is 14.5. The van der Waals surface area contributed by atoms with E-state index in [1.165, 1.54) is 31.2 Å². The molecule has 0 radical (unpaired) electrons. The van der Waals surface area contributed by atoms with Gasteiger partial charge >= 0.3 is 0 Å². The van der Waals surface area contributed by atoms with Crippen molar-refractivity contribution in [2.24, 2.45) is 11.1 Å². The Morgan fingerprint density at radius 2 is 1.65 bits per heavy atom. The SMILES string of the molecule is CN(Cc1ccc(Br)cc1)C1(CN)CCC(C)(C)CC1. The lowest BCUT2D eigenvalue weighted by atomic mass is 9.68. The average molecular weight is 339 g/mol. The van der Waals surface area contributed by atoms with E-state index in [2.05, 4.69) is 66.0 Å². The molecule has 0 unspecified atom stereocenters. The number of halogens is 1. The van der Waals surface area contributed by atoms with Crippen LogP contribution in [0.5, 0.6) is 0 Å². The fourth-order valence-corrected chi connectivity index (χ4v) is 3.43. The second-order valence-corrected chi connectivity index (χ2v) is 7.99. The highest BCUT2D eigenvalue weighted by Gasteiger charge is 2.40. The second-order valence-electron chi connectivity index (χ2n) is 7.08. The van der Waals surface area contributed by atoms with E-state index < -0.39 is 0 Å². The smallest absolute Gasteiger partial charge is 0.0332 e. The first-order valence-corrected chi connectivity index (χ1v) is 8.32. The molecule has 1 aliphatic carbocycles. The Morgan fingerprint density at radius 1 is 1.10 bits per heavy atom. The van der Waals surface area contributed by atoms with Gasteiger partial charge in [-0.1, -0.05) is 41.9 Å². The van der Waals surface area contributed by atoms with E-state index >= 15 is 0 Å². The summed E-state index contributed by atoms with van der Waals surface area (Å²) in [7, 11) is 2.23. The Labute approximate surface area is 131 Å². The largest absolute Gasteiger partial charge is 0.329 e. The minimum atomic E-state index is 0.183. The van der Waals surface area contributed by atoms with Crippen molar-refractivity contribution >= 4 is 15.9 Å². The van der Waals surface area contributed by atoms with Crippen molar-refractivity contribution in [3.63, 3.8) is 0 Å². The first-order chi connectivity index (χ1) is 9.37. The van der Waals surface area contributed by atoms with Crippen molar-refractivity contribution < 1.29 is 0 Å². The maximum Gasteiger partial charge on any atom is 0.0332 e. The first-order valence-electron chi connectivity index (χ1n) is 7.53. The summed E-state index contributed by atoms with van der Waals surface area (Å²) < 4.78 is 1.14. The van der Waals surface area contributed by atoms with Gasteiger partial charge in [0.05, 0.1) is 0 Å². The summed E-state index contributed by atoms with van der Waals surface area (Å²) in [5.41, 5.74) is 8.18. The van der Waals surface area contributed by atoms with E-state index in [0.29, 0.717) is 5.41 Å². The van der Waals surface area contributed by atoms with Gasteiger partial charge < -0.3 is 5.73 Å². The van der Waals surface area contributed by atoms with Gasteiger partial charge in [-0.15, -0.1) is 0 Å². The summed E-state index contributed by atoms with van der Waals surface area (Å²) in [6.45, 7) is 6.49. The third kappa shape index (κ3) is 3.63. The van der Waals surface area contributed by atoms with E-state index in [1.807, 2.05) is 0 Å². The van der Waals surface area contributed by atoms with Crippen molar-refractivity contribution in [1.29, 1.82) is 0 Å². The Balaban J connectivity index is 2.06. The van der Waals surface area contributed by atoms with Crippen LogP contribution < -0.4 is 5.73 Å². The van der Waals surface area contributed by atoms with Crippen LogP contribution in [0, 0.1) is 5.41 Å². The molecule has 1 aromatic carbocycles. The topological polar surface area (TPSA) is 29.3 Å². The highest BCUT2D eigenvalue weighted by Crippen LogP contribution is 2.42. The summed E-state index contributed by atoms with van der Waals surface area (Å²) in [6.07, 6.45) is 4.97. The number of benzene rings is 1. The Bertz CT molecular complexity index is 429. The van der Waals surface area contributed by atoms with Crippen LogP contribution >= 0.6 is 15.9 Å². The summed E-state index contributed by atoms with van der Waals surface area (Å²) in [5.74, 6) is 0. The molecule has 0 heterocycles. The number of likely N-dealkylation sites (N-methyl/N-ethyl adjacent to an activating group) is 1. The summed E-state index contributed by atoms with van der Waals surface area (Å²) in [4.78, 5) is 2.48. The monoisotopic (exact) mass is 338 g/mol. The van der Waals surface area contributed by atoms with Gasteiger partial charge in [0.2, 0.25) is 0 Å². The Morgan fingerprint density at radius 3 is 2.15 bits per heavy atom. The molecular weight excluding hydrogens is 312 g/mol. The van der Waals surface area contributed by atoms with Crippen LogP contribution in [0.2, 0.25) is 0 Å². The normalized spacial score (nSPS) is 21.1. The van der Waals surface area contributed by atoms with E-state index in [4.69, 9.17) is 5.73 Å². The summed E-state index contributed by atoms with van der Waals surface area (Å²) >= 11 is 3.49. The molecule has 0 saturated heterocycles. The van der Waals surface area contributed by atoms with Gasteiger partial charge in [-0.05, 0) is 55.8 Å². The lowest BCUT2D eigenvalue weighted by Gasteiger charge is -2.48. The minimum absolute atomic E-state index is 0.183. The fourth-order valence-electron chi connectivity index (χ4n) is 3.17. The molecule has 1 aromatic rings. The van der Waals surface area contributed by atoms with Gasteiger partial charge in [-0.25, -0.2) is 0 Å². The van der Waals surface area contributed by atoms with Crippen molar-refractivity contribution in [1.82, 2.24) is 4.90 Å². The molecule has 0 aliphatic heterocycles. The third-order valence-electron chi connectivity index (χ3n) is 5.06. The molecule has 2 nitrogen and oxygen atoms in total. The van der Waals surface area contributed by atoms with Gasteiger partial charge in [0, 0.05) is 23.1 Å². The highest BCUT2D eigenvalue weighted by molar-refractivity contribution is 9.10. The quantitative estimate of drug-likeness (QED) is 0.892. The van der Waals surface area contributed by atoms with Crippen molar-refractivity contribution in [2.45, 2.75) is 51.6 Å². The number of nitrogens with zero attached hydrogens (tertiary/aromatic N) is 1. The molecule has 1 saturated carbocycles. The van der Waals surface area contributed by atoms with Gasteiger partial charge in [-0.3, -0.25) is 4.90 Å². The molecule has 1 aliphatic rings. The standard InChI is InChI=1S/C17H27BrN2/c1-16(2)8-10-17(13-19,11-9-16)20(3)12-14-4-6-15(18)7-5-14/h4-7H,8-13,19H2,1-3H3. The molecular formula is C17H27BrN2.